The fourth-order valence-electron chi connectivity index (χ4n) is 3.76. The Morgan fingerprint density at radius 1 is 1.20 bits per heavy atom. The highest BCUT2D eigenvalue weighted by Crippen LogP contribution is 2.24. The smallest absolute Gasteiger partial charge is 0.0756 e. The minimum atomic E-state index is -0.716. The van der Waals surface area contributed by atoms with E-state index in [1.807, 2.05) is 6.92 Å². The van der Waals surface area contributed by atoms with E-state index >= 15 is 0 Å². The third kappa shape index (κ3) is 4.69. The van der Waals surface area contributed by atoms with Crippen molar-refractivity contribution in [3.63, 3.8) is 0 Å². The topological polar surface area (TPSA) is 52.7 Å². The molecule has 0 radical (unpaired) electrons. The fourth-order valence-corrected chi connectivity index (χ4v) is 3.76. The van der Waals surface area contributed by atoms with Gasteiger partial charge in [-0.2, -0.15) is 0 Å². The van der Waals surface area contributed by atoms with Gasteiger partial charge in [-0.15, -0.1) is 0 Å². The summed E-state index contributed by atoms with van der Waals surface area (Å²) in [5.41, 5.74) is 4.91. The molecule has 3 N–H and O–H groups in total. The molecule has 2 unspecified atom stereocenters. The molecule has 0 aromatic rings. The molecule has 0 bridgehead atoms. The first kappa shape index (κ1) is 16.2. The minimum absolute atomic E-state index is 0.350. The second-order valence-corrected chi connectivity index (χ2v) is 7.24. The molecule has 0 aromatic heterocycles. The van der Waals surface area contributed by atoms with E-state index in [4.69, 9.17) is 5.73 Å². The third-order valence-corrected chi connectivity index (χ3v) is 5.16. The Morgan fingerprint density at radius 3 is 2.35 bits per heavy atom. The van der Waals surface area contributed by atoms with Gasteiger partial charge in [-0.3, -0.25) is 0 Å². The zero-order valence-corrected chi connectivity index (χ0v) is 13.4. The van der Waals surface area contributed by atoms with Gasteiger partial charge >= 0.3 is 0 Å². The Kier molecular flexibility index (Phi) is 5.84. The molecule has 2 saturated heterocycles. The summed E-state index contributed by atoms with van der Waals surface area (Å²) in [5, 5.41) is 10.1. The van der Waals surface area contributed by atoms with E-state index in [1.165, 1.54) is 58.4 Å². The van der Waals surface area contributed by atoms with E-state index < -0.39 is 5.60 Å². The van der Waals surface area contributed by atoms with Gasteiger partial charge in [-0.25, -0.2) is 0 Å². The summed E-state index contributed by atoms with van der Waals surface area (Å²) in [6, 6.07) is 0.432. The number of piperidine rings is 1. The molecule has 2 aliphatic rings. The Morgan fingerprint density at radius 2 is 1.80 bits per heavy atom. The minimum Gasteiger partial charge on any atom is -0.389 e. The van der Waals surface area contributed by atoms with Crippen molar-refractivity contribution in [2.45, 2.75) is 57.6 Å². The number of aliphatic hydroxyl groups is 1. The summed E-state index contributed by atoms with van der Waals surface area (Å²) in [6.07, 6.45) is 6.19. The van der Waals surface area contributed by atoms with Gasteiger partial charge in [0, 0.05) is 19.1 Å². The second kappa shape index (κ2) is 7.21. The lowest BCUT2D eigenvalue weighted by Crippen LogP contribution is -2.47. The zero-order valence-electron chi connectivity index (χ0n) is 13.4. The monoisotopic (exact) mass is 283 g/mol. The summed E-state index contributed by atoms with van der Waals surface area (Å²) in [5.74, 6) is 0.881. The van der Waals surface area contributed by atoms with Crippen molar-refractivity contribution in [3.05, 3.63) is 0 Å². The molecule has 2 fully saturated rings. The van der Waals surface area contributed by atoms with Crippen LogP contribution in [0.5, 0.6) is 0 Å². The fraction of sp³-hybridized carbons (Fsp3) is 1.00. The van der Waals surface area contributed by atoms with Crippen LogP contribution in [0.1, 0.15) is 46.0 Å². The van der Waals surface area contributed by atoms with Crippen molar-refractivity contribution in [3.8, 4) is 0 Å². The molecule has 118 valence electrons. The van der Waals surface area contributed by atoms with Crippen molar-refractivity contribution >= 4 is 0 Å². The van der Waals surface area contributed by atoms with E-state index in [-0.39, 0.29) is 0 Å². The van der Waals surface area contributed by atoms with E-state index in [1.54, 1.807) is 0 Å². The highest BCUT2D eigenvalue weighted by Gasteiger charge is 2.29. The van der Waals surface area contributed by atoms with Gasteiger partial charge in [0.15, 0.2) is 0 Å². The van der Waals surface area contributed by atoms with Crippen molar-refractivity contribution in [2.24, 2.45) is 11.7 Å². The van der Waals surface area contributed by atoms with Crippen LogP contribution in [-0.4, -0.2) is 65.8 Å². The maximum absolute atomic E-state index is 10.1. The molecule has 2 atom stereocenters. The van der Waals surface area contributed by atoms with Crippen molar-refractivity contribution in [1.29, 1.82) is 0 Å². The first-order valence-electron chi connectivity index (χ1n) is 8.39. The van der Waals surface area contributed by atoms with Crippen LogP contribution in [0.4, 0.5) is 0 Å². The highest BCUT2D eigenvalue weighted by molar-refractivity contribution is 4.84. The Balaban J connectivity index is 1.70. The molecular weight excluding hydrogens is 250 g/mol. The molecule has 0 amide bonds. The highest BCUT2D eigenvalue weighted by atomic mass is 16.3. The molecule has 2 rings (SSSR count). The molecule has 0 spiro atoms. The van der Waals surface area contributed by atoms with Gasteiger partial charge in [-0.1, -0.05) is 0 Å². The van der Waals surface area contributed by atoms with Crippen molar-refractivity contribution < 1.29 is 5.11 Å². The molecule has 0 saturated carbocycles. The van der Waals surface area contributed by atoms with Crippen LogP contribution in [0.15, 0.2) is 0 Å². The van der Waals surface area contributed by atoms with Gasteiger partial charge in [0.05, 0.1) is 5.60 Å². The average molecular weight is 283 g/mol. The van der Waals surface area contributed by atoms with Crippen LogP contribution in [0.25, 0.3) is 0 Å². The average Bonchev–Trinajstić information content (AvgIpc) is 2.92. The van der Waals surface area contributed by atoms with Gasteiger partial charge < -0.3 is 20.6 Å². The summed E-state index contributed by atoms with van der Waals surface area (Å²) >= 11 is 0. The number of nitrogens with zero attached hydrogens (tertiary/aromatic N) is 2. The Bertz CT molecular complexity index is 281. The first-order valence-corrected chi connectivity index (χ1v) is 8.39. The quantitative estimate of drug-likeness (QED) is 0.771. The van der Waals surface area contributed by atoms with Crippen LogP contribution in [0.3, 0.4) is 0 Å². The predicted molar refractivity (Wildman–Crippen MR) is 83.7 cm³/mol. The maximum Gasteiger partial charge on any atom is 0.0756 e. The van der Waals surface area contributed by atoms with E-state index in [2.05, 4.69) is 16.7 Å². The molecule has 2 aliphatic heterocycles. The van der Waals surface area contributed by atoms with Crippen LogP contribution >= 0.6 is 0 Å². The molecule has 20 heavy (non-hydrogen) atoms. The number of hydrogen-bond acceptors (Lipinski definition) is 4. The van der Waals surface area contributed by atoms with E-state index in [0.717, 1.165) is 12.3 Å². The van der Waals surface area contributed by atoms with Crippen LogP contribution in [0, 0.1) is 5.92 Å². The third-order valence-electron chi connectivity index (χ3n) is 5.16. The first-order chi connectivity index (χ1) is 9.50. The molecular formula is C16H33N3O. The predicted octanol–water partition coefficient (Wildman–Crippen LogP) is 1.28. The molecule has 4 heteroatoms. The summed E-state index contributed by atoms with van der Waals surface area (Å²) in [6.45, 7) is 10.7. The van der Waals surface area contributed by atoms with Crippen molar-refractivity contribution in [2.75, 3.05) is 39.3 Å². The number of nitrogens with two attached hydrogens (primary N) is 1. The lowest BCUT2D eigenvalue weighted by atomic mass is 9.92. The van der Waals surface area contributed by atoms with Crippen LogP contribution < -0.4 is 5.73 Å². The lowest BCUT2D eigenvalue weighted by molar-refractivity contribution is 0.0195. The molecule has 0 aliphatic carbocycles. The van der Waals surface area contributed by atoms with Gasteiger partial charge in [-0.05, 0) is 78.0 Å². The summed E-state index contributed by atoms with van der Waals surface area (Å²) < 4.78 is 0. The van der Waals surface area contributed by atoms with Crippen LogP contribution in [0.2, 0.25) is 0 Å². The zero-order chi connectivity index (χ0) is 14.6. The maximum atomic E-state index is 10.1. The molecule has 2 heterocycles. The largest absolute Gasteiger partial charge is 0.389 e. The van der Waals surface area contributed by atoms with Crippen molar-refractivity contribution in [1.82, 2.24) is 9.80 Å². The SMILES string of the molecule is CC(CC(C)(O)CN)N1CCC(CN2CCCC2)CC1. The molecule has 4 nitrogen and oxygen atoms in total. The lowest BCUT2D eigenvalue weighted by Gasteiger charge is -2.39. The standard InChI is InChI=1S/C16H33N3O/c1-14(11-16(2,20)13-17)19-9-5-15(6-10-19)12-18-7-3-4-8-18/h14-15,20H,3-13,17H2,1-2H3. The Hall–Kier alpha value is -0.160. The van der Waals surface area contributed by atoms with Gasteiger partial charge in [0.2, 0.25) is 0 Å². The Labute approximate surface area is 124 Å². The van der Waals surface area contributed by atoms with E-state index in [9.17, 15) is 5.11 Å². The van der Waals surface area contributed by atoms with Crippen LogP contribution in [-0.2, 0) is 0 Å². The number of hydrogen-bond donors (Lipinski definition) is 2. The van der Waals surface area contributed by atoms with Gasteiger partial charge in [0.25, 0.3) is 0 Å². The normalized spacial score (nSPS) is 27.6. The summed E-state index contributed by atoms with van der Waals surface area (Å²) in [4.78, 5) is 5.17. The summed E-state index contributed by atoms with van der Waals surface area (Å²) in [7, 11) is 0. The van der Waals surface area contributed by atoms with E-state index in [0.29, 0.717) is 12.6 Å². The number of rotatable bonds is 6. The molecule has 0 aromatic carbocycles. The van der Waals surface area contributed by atoms with Gasteiger partial charge in [0.1, 0.15) is 0 Å². The number of likely N-dealkylation sites (tertiary alicyclic amines) is 2. The second-order valence-electron chi connectivity index (χ2n) is 7.24.